The number of halogens is 1. The van der Waals surface area contributed by atoms with E-state index in [9.17, 15) is 4.79 Å². The van der Waals surface area contributed by atoms with E-state index in [1.54, 1.807) is 19.2 Å². The van der Waals surface area contributed by atoms with E-state index >= 15 is 0 Å². The number of ether oxygens (including phenoxy) is 2. The fourth-order valence-corrected chi connectivity index (χ4v) is 2.12. The Bertz CT molecular complexity index is 623. The third-order valence-corrected chi connectivity index (χ3v) is 3.29. The van der Waals surface area contributed by atoms with Crippen LogP contribution in [-0.4, -0.2) is 24.8 Å². The summed E-state index contributed by atoms with van der Waals surface area (Å²) in [5, 5.41) is 9.41. The molecule has 0 saturated heterocycles. The molecule has 0 aliphatic rings. The molecule has 2 rings (SSSR count). The highest BCUT2D eigenvalue weighted by molar-refractivity contribution is 6.32. The van der Waals surface area contributed by atoms with Gasteiger partial charge in [0.15, 0.2) is 5.75 Å². The van der Waals surface area contributed by atoms with Crippen molar-refractivity contribution in [1.82, 2.24) is 0 Å². The van der Waals surface area contributed by atoms with E-state index in [-0.39, 0.29) is 11.3 Å². The summed E-state index contributed by atoms with van der Waals surface area (Å²) in [6, 6.07) is 12.3. The number of benzene rings is 2. The maximum Gasteiger partial charge on any atom is 0.339 e. The van der Waals surface area contributed by atoms with Crippen molar-refractivity contribution in [2.24, 2.45) is 0 Å². The minimum absolute atomic E-state index is 0.0669. The first-order valence-electron chi connectivity index (χ1n) is 6.39. The lowest BCUT2D eigenvalue weighted by molar-refractivity contribution is 0.0692. The Morgan fingerprint density at radius 3 is 2.52 bits per heavy atom. The summed E-state index contributed by atoms with van der Waals surface area (Å²) in [4.78, 5) is 11.1. The van der Waals surface area contributed by atoms with Gasteiger partial charge >= 0.3 is 5.97 Å². The van der Waals surface area contributed by atoms with E-state index in [0.29, 0.717) is 18.1 Å². The lowest BCUT2D eigenvalue weighted by atomic mass is 10.1. The fraction of sp³-hybridized carbons (Fsp3) is 0.188. The molecule has 0 amide bonds. The van der Waals surface area contributed by atoms with Crippen molar-refractivity contribution in [3.05, 3.63) is 58.6 Å². The highest BCUT2D eigenvalue weighted by Crippen LogP contribution is 2.28. The molecule has 0 atom stereocenters. The van der Waals surface area contributed by atoms with Crippen LogP contribution in [0.3, 0.4) is 0 Å². The number of hydrogen-bond donors (Lipinski definition) is 1. The highest BCUT2D eigenvalue weighted by Gasteiger charge is 2.14. The van der Waals surface area contributed by atoms with Gasteiger partial charge < -0.3 is 14.6 Å². The molecule has 0 heterocycles. The summed E-state index contributed by atoms with van der Waals surface area (Å²) in [6.07, 6.45) is 0.647. The van der Waals surface area contributed by atoms with E-state index in [4.69, 9.17) is 26.2 Å². The standard InChI is InChI=1S/C16H15ClO4/c1-20-12-7-5-11(6-8-12)9-10-21-15-13(16(18)19)3-2-4-14(15)17/h2-8H,9-10H2,1H3,(H,18,19). The minimum atomic E-state index is -1.06. The Balaban J connectivity index is 2.01. The molecule has 0 aromatic heterocycles. The lowest BCUT2D eigenvalue weighted by Crippen LogP contribution is -2.07. The van der Waals surface area contributed by atoms with Crippen LogP contribution < -0.4 is 9.47 Å². The molecule has 0 spiro atoms. The number of carboxylic acids is 1. The van der Waals surface area contributed by atoms with Gasteiger partial charge in [-0.15, -0.1) is 0 Å². The summed E-state index contributed by atoms with van der Waals surface area (Å²) in [7, 11) is 1.61. The largest absolute Gasteiger partial charge is 0.497 e. The monoisotopic (exact) mass is 306 g/mol. The third-order valence-electron chi connectivity index (χ3n) is 2.99. The molecule has 5 heteroatoms. The molecule has 0 fully saturated rings. The van der Waals surface area contributed by atoms with Crippen molar-refractivity contribution in [3.63, 3.8) is 0 Å². The lowest BCUT2D eigenvalue weighted by Gasteiger charge is -2.11. The molecule has 110 valence electrons. The Kier molecular flexibility index (Phi) is 5.06. The number of carbonyl (C=O) groups is 1. The molecule has 0 aliphatic carbocycles. The molecule has 0 aliphatic heterocycles. The van der Waals surface area contributed by atoms with Gasteiger partial charge in [-0.2, -0.15) is 0 Å². The van der Waals surface area contributed by atoms with Gasteiger partial charge in [0, 0.05) is 6.42 Å². The summed E-state index contributed by atoms with van der Waals surface area (Å²) < 4.78 is 10.6. The second-order valence-corrected chi connectivity index (χ2v) is 4.78. The molecule has 4 nitrogen and oxygen atoms in total. The fourth-order valence-electron chi connectivity index (χ4n) is 1.89. The minimum Gasteiger partial charge on any atom is -0.497 e. The van der Waals surface area contributed by atoms with E-state index in [0.717, 1.165) is 11.3 Å². The van der Waals surface area contributed by atoms with Gasteiger partial charge in [0.1, 0.15) is 11.3 Å². The zero-order valence-electron chi connectivity index (χ0n) is 11.5. The van der Waals surface area contributed by atoms with Gasteiger partial charge in [0.2, 0.25) is 0 Å². The number of carboxylic acid groups (broad SMARTS) is 1. The van der Waals surface area contributed by atoms with Crippen molar-refractivity contribution < 1.29 is 19.4 Å². The van der Waals surface area contributed by atoms with Crippen molar-refractivity contribution >= 4 is 17.6 Å². The van der Waals surface area contributed by atoms with Crippen LogP contribution in [0, 0.1) is 0 Å². The van der Waals surface area contributed by atoms with Crippen molar-refractivity contribution in [3.8, 4) is 11.5 Å². The van der Waals surface area contributed by atoms with Crippen LogP contribution >= 0.6 is 11.6 Å². The molecule has 0 saturated carbocycles. The normalized spacial score (nSPS) is 10.2. The van der Waals surface area contributed by atoms with Crippen molar-refractivity contribution in [2.45, 2.75) is 6.42 Å². The average Bonchev–Trinajstić information content (AvgIpc) is 2.49. The summed E-state index contributed by atoms with van der Waals surface area (Å²) in [5.74, 6) is -0.0592. The predicted molar refractivity (Wildman–Crippen MR) is 80.6 cm³/mol. The van der Waals surface area contributed by atoms with E-state index in [2.05, 4.69) is 0 Å². The second-order valence-electron chi connectivity index (χ2n) is 4.37. The first-order valence-corrected chi connectivity index (χ1v) is 6.77. The quantitative estimate of drug-likeness (QED) is 0.884. The topological polar surface area (TPSA) is 55.8 Å². The molecule has 21 heavy (non-hydrogen) atoms. The number of methoxy groups -OCH3 is 1. The van der Waals surface area contributed by atoms with Crippen molar-refractivity contribution in [2.75, 3.05) is 13.7 Å². The van der Waals surface area contributed by atoms with Gasteiger partial charge in [-0.3, -0.25) is 0 Å². The van der Waals surface area contributed by atoms with Crippen LogP contribution in [0.25, 0.3) is 0 Å². The summed E-state index contributed by atoms with van der Waals surface area (Å²) in [6.45, 7) is 0.344. The number of hydrogen-bond acceptors (Lipinski definition) is 3. The van der Waals surface area contributed by atoms with Crippen LogP contribution in [0.4, 0.5) is 0 Å². The molecule has 1 N–H and O–H groups in total. The Morgan fingerprint density at radius 1 is 1.19 bits per heavy atom. The number of rotatable bonds is 6. The maximum atomic E-state index is 11.1. The Labute approximate surface area is 127 Å². The van der Waals surface area contributed by atoms with Crippen LogP contribution in [-0.2, 0) is 6.42 Å². The Morgan fingerprint density at radius 2 is 1.90 bits per heavy atom. The van der Waals surface area contributed by atoms with Gasteiger partial charge in [-0.05, 0) is 29.8 Å². The second kappa shape index (κ2) is 6.99. The molecule has 0 unspecified atom stereocenters. The third kappa shape index (κ3) is 3.89. The van der Waals surface area contributed by atoms with Gasteiger partial charge in [-0.1, -0.05) is 29.8 Å². The van der Waals surface area contributed by atoms with E-state index in [1.165, 1.54) is 6.07 Å². The van der Waals surface area contributed by atoms with E-state index < -0.39 is 5.97 Å². The summed E-state index contributed by atoms with van der Waals surface area (Å²) in [5.41, 5.74) is 1.14. The molecule has 0 bridgehead atoms. The molecule has 0 radical (unpaired) electrons. The first-order chi connectivity index (χ1) is 10.1. The van der Waals surface area contributed by atoms with Gasteiger partial charge in [0.25, 0.3) is 0 Å². The first kappa shape index (κ1) is 15.2. The number of para-hydroxylation sites is 1. The smallest absolute Gasteiger partial charge is 0.339 e. The Hall–Kier alpha value is -2.20. The number of aromatic carboxylic acids is 1. The van der Waals surface area contributed by atoms with Crippen LogP contribution in [0.2, 0.25) is 5.02 Å². The zero-order chi connectivity index (χ0) is 15.2. The van der Waals surface area contributed by atoms with Gasteiger partial charge in [0.05, 0.1) is 18.7 Å². The van der Waals surface area contributed by atoms with Crippen molar-refractivity contribution in [1.29, 1.82) is 0 Å². The zero-order valence-corrected chi connectivity index (χ0v) is 12.3. The molecular formula is C16H15ClO4. The van der Waals surface area contributed by atoms with Crippen LogP contribution in [0.1, 0.15) is 15.9 Å². The van der Waals surface area contributed by atoms with Crippen LogP contribution in [0.5, 0.6) is 11.5 Å². The highest BCUT2D eigenvalue weighted by atomic mass is 35.5. The summed E-state index contributed by atoms with van der Waals surface area (Å²) >= 11 is 5.99. The van der Waals surface area contributed by atoms with Gasteiger partial charge in [-0.25, -0.2) is 4.79 Å². The molecule has 2 aromatic carbocycles. The maximum absolute atomic E-state index is 11.1. The average molecular weight is 307 g/mol. The molecule has 2 aromatic rings. The SMILES string of the molecule is COc1ccc(CCOc2c(Cl)cccc2C(=O)O)cc1. The molecular weight excluding hydrogens is 292 g/mol. The van der Waals surface area contributed by atoms with Crippen LogP contribution in [0.15, 0.2) is 42.5 Å². The van der Waals surface area contributed by atoms with E-state index in [1.807, 2.05) is 24.3 Å². The predicted octanol–water partition coefficient (Wildman–Crippen LogP) is 3.67.